The molecule has 1 aliphatic carbocycles. The van der Waals surface area contributed by atoms with Gasteiger partial charge in [0.15, 0.2) is 0 Å². The fourth-order valence-electron chi connectivity index (χ4n) is 2.28. The van der Waals surface area contributed by atoms with Crippen molar-refractivity contribution in [2.24, 2.45) is 16.6 Å². The lowest BCUT2D eigenvalue weighted by atomic mass is 9.74. The van der Waals surface area contributed by atoms with Crippen LogP contribution >= 0.6 is 0 Å². The molecule has 0 heterocycles. The lowest BCUT2D eigenvalue weighted by molar-refractivity contribution is -0.149. The first-order chi connectivity index (χ1) is 8.43. The van der Waals surface area contributed by atoms with Crippen LogP contribution in [0.15, 0.2) is 0 Å². The van der Waals surface area contributed by atoms with Crippen molar-refractivity contribution in [3.8, 4) is 0 Å². The number of hydrogen-bond donors (Lipinski definition) is 3. The largest absolute Gasteiger partial charge is 0.481 e. The predicted molar refractivity (Wildman–Crippen MR) is 73.6 cm³/mol. The molecule has 0 spiro atoms. The number of rotatable bonds is 4. The Morgan fingerprint density at radius 1 is 1.32 bits per heavy atom. The molecule has 4 N–H and O–H groups in total. The van der Waals surface area contributed by atoms with E-state index in [9.17, 15) is 14.7 Å². The summed E-state index contributed by atoms with van der Waals surface area (Å²) in [5, 5.41) is 12.2. The topological polar surface area (TPSA) is 92.4 Å². The van der Waals surface area contributed by atoms with Crippen LogP contribution in [0, 0.1) is 10.8 Å². The first-order valence-corrected chi connectivity index (χ1v) is 6.76. The van der Waals surface area contributed by atoms with Crippen LogP contribution in [0.1, 0.15) is 53.9 Å². The minimum absolute atomic E-state index is 0.181. The Kier molecular flexibility index (Phi) is 4.01. The van der Waals surface area contributed by atoms with Gasteiger partial charge in [-0.15, -0.1) is 0 Å². The van der Waals surface area contributed by atoms with E-state index in [-0.39, 0.29) is 11.9 Å². The van der Waals surface area contributed by atoms with Crippen LogP contribution in [-0.2, 0) is 9.59 Å². The molecule has 5 heteroatoms. The Hall–Kier alpha value is -1.10. The fourth-order valence-corrected chi connectivity index (χ4v) is 2.28. The van der Waals surface area contributed by atoms with E-state index in [4.69, 9.17) is 5.73 Å². The molecule has 1 saturated carbocycles. The van der Waals surface area contributed by atoms with Crippen molar-refractivity contribution in [3.63, 3.8) is 0 Å². The maximum absolute atomic E-state index is 12.4. The molecule has 2 unspecified atom stereocenters. The summed E-state index contributed by atoms with van der Waals surface area (Å²) < 4.78 is 0. The molecule has 0 bridgehead atoms. The van der Waals surface area contributed by atoms with Gasteiger partial charge in [-0.05, 0) is 47.5 Å². The third-order valence-electron chi connectivity index (χ3n) is 4.93. The van der Waals surface area contributed by atoms with Crippen LogP contribution in [-0.4, -0.2) is 28.6 Å². The highest BCUT2D eigenvalue weighted by molar-refractivity contribution is 5.85. The summed E-state index contributed by atoms with van der Waals surface area (Å²) in [6.07, 6.45) is 2.12. The second kappa shape index (κ2) is 4.78. The lowest BCUT2D eigenvalue weighted by Crippen LogP contribution is -2.59. The van der Waals surface area contributed by atoms with E-state index in [1.54, 1.807) is 34.6 Å². The average Bonchev–Trinajstić information content (AvgIpc) is 2.60. The van der Waals surface area contributed by atoms with Crippen LogP contribution in [0.2, 0.25) is 0 Å². The van der Waals surface area contributed by atoms with Crippen molar-refractivity contribution in [1.29, 1.82) is 0 Å². The van der Waals surface area contributed by atoms with Gasteiger partial charge in [-0.25, -0.2) is 0 Å². The summed E-state index contributed by atoms with van der Waals surface area (Å²) >= 11 is 0. The molecule has 1 fully saturated rings. The molecule has 0 saturated heterocycles. The number of carbonyl (C=O) groups is 2. The lowest BCUT2D eigenvalue weighted by Gasteiger charge is -2.39. The minimum atomic E-state index is -0.871. The van der Waals surface area contributed by atoms with Gasteiger partial charge < -0.3 is 16.2 Å². The van der Waals surface area contributed by atoms with Crippen molar-refractivity contribution in [2.45, 2.75) is 65.5 Å². The third-order valence-corrected chi connectivity index (χ3v) is 4.93. The maximum atomic E-state index is 12.4. The van der Waals surface area contributed by atoms with Gasteiger partial charge in [-0.3, -0.25) is 9.59 Å². The highest BCUT2D eigenvalue weighted by Crippen LogP contribution is 2.39. The second-order valence-electron chi connectivity index (χ2n) is 6.99. The number of nitrogens with one attached hydrogen (secondary N) is 1. The third kappa shape index (κ3) is 2.76. The molecular formula is C14H26N2O3. The van der Waals surface area contributed by atoms with Gasteiger partial charge in [0.2, 0.25) is 5.91 Å². The smallest absolute Gasteiger partial charge is 0.311 e. The zero-order valence-electron chi connectivity index (χ0n) is 12.5. The van der Waals surface area contributed by atoms with E-state index in [2.05, 4.69) is 5.32 Å². The Bertz CT molecular complexity index is 385. The van der Waals surface area contributed by atoms with Crippen LogP contribution in [0.5, 0.6) is 0 Å². The summed E-state index contributed by atoms with van der Waals surface area (Å²) in [6.45, 7) is 8.88. The number of aliphatic carboxylic acids is 1. The molecule has 0 aromatic heterocycles. The van der Waals surface area contributed by atoms with Crippen molar-refractivity contribution in [1.82, 2.24) is 5.32 Å². The van der Waals surface area contributed by atoms with Crippen molar-refractivity contribution in [2.75, 3.05) is 0 Å². The summed E-state index contributed by atoms with van der Waals surface area (Å²) in [4.78, 5) is 23.8. The highest BCUT2D eigenvalue weighted by Gasteiger charge is 2.48. The number of carboxylic acids is 1. The summed E-state index contributed by atoms with van der Waals surface area (Å²) in [5.74, 6) is -1.03. The zero-order chi connectivity index (χ0) is 15.1. The van der Waals surface area contributed by atoms with Crippen LogP contribution in [0.25, 0.3) is 0 Å². The number of amides is 1. The normalized spacial score (nSPS) is 28.2. The Morgan fingerprint density at radius 3 is 2.26 bits per heavy atom. The average molecular weight is 270 g/mol. The molecule has 19 heavy (non-hydrogen) atoms. The van der Waals surface area contributed by atoms with Crippen molar-refractivity contribution in [3.05, 3.63) is 0 Å². The number of carboxylic acid groups (broad SMARTS) is 1. The van der Waals surface area contributed by atoms with Gasteiger partial charge in [-0.2, -0.15) is 0 Å². The summed E-state index contributed by atoms with van der Waals surface area (Å²) in [5.41, 5.74) is 3.74. The minimum Gasteiger partial charge on any atom is -0.481 e. The SMILES string of the molecule is CC1(C(=O)O)CCCC1NC(=O)C(C)(C)C(C)(C)N. The monoisotopic (exact) mass is 270 g/mol. The fraction of sp³-hybridized carbons (Fsp3) is 0.857. The van der Waals surface area contributed by atoms with Crippen LogP contribution in [0.3, 0.4) is 0 Å². The van der Waals surface area contributed by atoms with E-state index < -0.39 is 22.3 Å². The standard InChI is InChI=1S/C14H26N2O3/c1-12(2,13(3,4)15)10(17)16-9-7-6-8-14(9,5)11(18)19/h9H,6-8,15H2,1-5H3,(H,16,17)(H,18,19). The van der Waals surface area contributed by atoms with Gasteiger partial charge >= 0.3 is 5.97 Å². The molecular weight excluding hydrogens is 244 g/mol. The second-order valence-corrected chi connectivity index (χ2v) is 6.99. The van der Waals surface area contributed by atoms with E-state index in [0.29, 0.717) is 12.8 Å². The van der Waals surface area contributed by atoms with E-state index in [1.165, 1.54) is 0 Å². The molecule has 5 nitrogen and oxygen atoms in total. The Labute approximate surface area is 114 Å². The first kappa shape index (κ1) is 16.0. The number of nitrogens with two attached hydrogens (primary N) is 1. The van der Waals surface area contributed by atoms with E-state index >= 15 is 0 Å². The van der Waals surface area contributed by atoms with Gasteiger partial charge in [0.05, 0.1) is 10.8 Å². The van der Waals surface area contributed by atoms with Crippen molar-refractivity contribution < 1.29 is 14.7 Å². The molecule has 1 aliphatic rings. The maximum Gasteiger partial charge on any atom is 0.311 e. The molecule has 0 aromatic carbocycles. The zero-order valence-corrected chi connectivity index (χ0v) is 12.5. The summed E-state index contributed by atoms with van der Waals surface area (Å²) in [7, 11) is 0. The molecule has 2 atom stereocenters. The Balaban J connectivity index is 2.86. The van der Waals surface area contributed by atoms with Gasteiger partial charge in [0, 0.05) is 11.6 Å². The van der Waals surface area contributed by atoms with Gasteiger partial charge in [0.25, 0.3) is 0 Å². The number of carbonyl (C=O) groups excluding carboxylic acids is 1. The van der Waals surface area contributed by atoms with E-state index in [1.807, 2.05) is 0 Å². The molecule has 1 rings (SSSR count). The molecule has 0 radical (unpaired) electrons. The van der Waals surface area contributed by atoms with Crippen molar-refractivity contribution >= 4 is 11.9 Å². The highest BCUT2D eigenvalue weighted by atomic mass is 16.4. The summed E-state index contributed by atoms with van der Waals surface area (Å²) in [6, 6.07) is -0.320. The molecule has 1 amide bonds. The van der Waals surface area contributed by atoms with Crippen LogP contribution in [0.4, 0.5) is 0 Å². The first-order valence-electron chi connectivity index (χ1n) is 6.76. The van der Waals surface area contributed by atoms with Crippen LogP contribution < -0.4 is 11.1 Å². The molecule has 0 aromatic rings. The predicted octanol–water partition coefficient (Wildman–Crippen LogP) is 1.51. The quantitative estimate of drug-likeness (QED) is 0.722. The van der Waals surface area contributed by atoms with E-state index in [0.717, 1.165) is 6.42 Å². The molecule has 110 valence electrons. The van der Waals surface area contributed by atoms with Gasteiger partial charge in [0.1, 0.15) is 0 Å². The van der Waals surface area contributed by atoms with Gasteiger partial charge in [-0.1, -0.05) is 6.42 Å². The molecule has 0 aliphatic heterocycles. The Morgan fingerprint density at radius 2 is 1.84 bits per heavy atom. The number of hydrogen-bond acceptors (Lipinski definition) is 3.